The van der Waals surface area contributed by atoms with Gasteiger partial charge in [0.25, 0.3) is 0 Å². The number of rotatable bonds is 2. The van der Waals surface area contributed by atoms with Gasteiger partial charge in [0.05, 0.1) is 25.3 Å². The highest BCUT2D eigenvalue weighted by Crippen LogP contribution is 2.25. The lowest BCUT2D eigenvalue weighted by Crippen LogP contribution is -2.06. The van der Waals surface area contributed by atoms with Gasteiger partial charge >= 0.3 is 5.97 Å². The molecule has 0 aliphatic carbocycles. The second kappa shape index (κ2) is 4.33. The number of nitriles is 1. The second-order valence-electron chi connectivity index (χ2n) is 2.74. The van der Waals surface area contributed by atoms with Crippen molar-refractivity contribution in [1.82, 2.24) is 0 Å². The Morgan fingerprint density at radius 1 is 1.47 bits per heavy atom. The minimum absolute atomic E-state index is 0.188. The Morgan fingerprint density at radius 3 is 2.60 bits per heavy atom. The molecule has 0 aliphatic heterocycles. The highest BCUT2D eigenvalue weighted by molar-refractivity contribution is 5.96. The van der Waals surface area contributed by atoms with Crippen LogP contribution in [0.3, 0.4) is 0 Å². The van der Waals surface area contributed by atoms with Crippen LogP contribution in [0, 0.1) is 11.3 Å². The number of nitrogen functional groups attached to an aromatic ring is 1. The lowest BCUT2D eigenvalue weighted by molar-refractivity contribution is 0.0601. The molecule has 0 bridgehead atoms. The molecular weight excluding hydrogens is 196 g/mol. The first kappa shape index (κ1) is 10.9. The number of esters is 1. The molecule has 1 aromatic carbocycles. The van der Waals surface area contributed by atoms with E-state index in [2.05, 4.69) is 4.74 Å². The molecule has 0 atom stereocenters. The molecule has 1 rings (SSSR count). The fourth-order valence-electron chi connectivity index (χ4n) is 1.14. The van der Waals surface area contributed by atoms with Crippen molar-refractivity contribution in [2.45, 2.75) is 0 Å². The van der Waals surface area contributed by atoms with Gasteiger partial charge in [-0.1, -0.05) is 0 Å². The number of benzene rings is 1. The van der Waals surface area contributed by atoms with Gasteiger partial charge in [0.15, 0.2) is 0 Å². The van der Waals surface area contributed by atoms with Crippen LogP contribution in [0.1, 0.15) is 15.9 Å². The number of carbonyl (C=O) groups excluding carboxylic acids is 1. The van der Waals surface area contributed by atoms with Crippen molar-refractivity contribution >= 4 is 11.7 Å². The first-order valence-electron chi connectivity index (χ1n) is 4.10. The van der Waals surface area contributed by atoms with Gasteiger partial charge in [0, 0.05) is 5.69 Å². The van der Waals surface area contributed by atoms with Crippen molar-refractivity contribution in [2.24, 2.45) is 0 Å². The Labute approximate surface area is 87.0 Å². The zero-order valence-corrected chi connectivity index (χ0v) is 8.40. The van der Waals surface area contributed by atoms with Gasteiger partial charge in [0.2, 0.25) is 0 Å². The molecule has 0 unspecified atom stereocenters. The van der Waals surface area contributed by atoms with Crippen molar-refractivity contribution in [2.75, 3.05) is 20.0 Å². The fraction of sp³-hybridized carbons (Fsp3) is 0.200. The maximum atomic E-state index is 11.3. The number of anilines is 1. The van der Waals surface area contributed by atoms with Crippen LogP contribution in [0.2, 0.25) is 0 Å². The molecule has 5 nitrogen and oxygen atoms in total. The van der Waals surface area contributed by atoms with E-state index in [1.165, 1.54) is 26.4 Å². The van der Waals surface area contributed by atoms with Crippen molar-refractivity contribution < 1.29 is 14.3 Å². The summed E-state index contributed by atoms with van der Waals surface area (Å²) in [6, 6.07) is 4.68. The van der Waals surface area contributed by atoms with Crippen LogP contribution in [-0.4, -0.2) is 20.2 Å². The number of carbonyl (C=O) groups is 1. The molecule has 0 fully saturated rings. The number of hydrogen-bond acceptors (Lipinski definition) is 5. The number of nitrogens with two attached hydrogens (primary N) is 1. The molecule has 0 heterocycles. The van der Waals surface area contributed by atoms with Crippen LogP contribution in [0.4, 0.5) is 5.69 Å². The summed E-state index contributed by atoms with van der Waals surface area (Å²) in [4.78, 5) is 11.3. The maximum Gasteiger partial charge on any atom is 0.340 e. The minimum Gasteiger partial charge on any atom is -0.495 e. The Bertz CT molecular complexity index is 435. The highest BCUT2D eigenvalue weighted by Gasteiger charge is 2.14. The van der Waals surface area contributed by atoms with E-state index in [4.69, 9.17) is 15.7 Å². The SMILES string of the molecule is COC(=O)c1cc(OC)c(C#N)cc1N. The quantitative estimate of drug-likeness (QED) is 0.574. The topological polar surface area (TPSA) is 85.3 Å². The molecule has 78 valence electrons. The van der Waals surface area contributed by atoms with E-state index in [0.29, 0.717) is 5.75 Å². The summed E-state index contributed by atoms with van der Waals surface area (Å²) >= 11 is 0. The summed E-state index contributed by atoms with van der Waals surface area (Å²) in [7, 11) is 2.67. The summed E-state index contributed by atoms with van der Waals surface area (Å²) in [6.45, 7) is 0. The van der Waals surface area contributed by atoms with Crippen LogP contribution >= 0.6 is 0 Å². The Hall–Kier alpha value is -2.22. The summed E-state index contributed by atoms with van der Waals surface area (Å²) in [5, 5.41) is 8.76. The number of methoxy groups -OCH3 is 2. The summed E-state index contributed by atoms with van der Waals surface area (Å²) in [6.07, 6.45) is 0. The van der Waals surface area contributed by atoms with Crippen LogP contribution in [0.5, 0.6) is 5.75 Å². The molecule has 0 radical (unpaired) electrons. The third-order valence-electron chi connectivity index (χ3n) is 1.90. The van der Waals surface area contributed by atoms with Gasteiger partial charge < -0.3 is 15.2 Å². The minimum atomic E-state index is -0.560. The number of nitrogens with zero attached hydrogens (tertiary/aromatic N) is 1. The molecular formula is C10H10N2O3. The molecule has 0 saturated heterocycles. The van der Waals surface area contributed by atoms with E-state index >= 15 is 0 Å². The van der Waals surface area contributed by atoms with Crippen LogP contribution < -0.4 is 10.5 Å². The van der Waals surface area contributed by atoms with Gasteiger partial charge in [0.1, 0.15) is 11.8 Å². The molecule has 0 amide bonds. The third-order valence-corrected chi connectivity index (χ3v) is 1.90. The third kappa shape index (κ3) is 1.99. The first-order chi connectivity index (χ1) is 7.13. The van der Waals surface area contributed by atoms with E-state index in [0.717, 1.165) is 0 Å². The molecule has 0 aromatic heterocycles. The molecule has 0 aliphatic rings. The zero-order valence-electron chi connectivity index (χ0n) is 8.40. The van der Waals surface area contributed by atoms with Gasteiger partial charge in [-0.05, 0) is 12.1 Å². The smallest absolute Gasteiger partial charge is 0.340 e. The van der Waals surface area contributed by atoms with Gasteiger partial charge in [-0.2, -0.15) is 5.26 Å². The average Bonchev–Trinajstić information content (AvgIpc) is 2.27. The predicted molar refractivity (Wildman–Crippen MR) is 53.5 cm³/mol. The summed E-state index contributed by atoms with van der Waals surface area (Å²) in [5.41, 5.74) is 6.25. The maximum absolute atomic E-state index is 11.3. The Morgan fingerprint density at radius 2 is 2.13 bits per heavy atom. The standard InChI is InChI=1S/C10H10N2O3/c1-14-9-4-7(10(13)15-2)8(12)3-6(9)5-11/h3-4H,12H2,1-2H3. The molecule has 5 heteroatoms. The highest BCUT2D eigenvalue weighted by atomic mass is 16.5. The Balaban J connectivity index is 3.33. The average molecular weight is 206 g/mol. The summed E-state index contributed by atoms with van der Waals surface area (Å²) < 4.78 is 9.47. The number of hydrogen-bond donors (Lipinski definition) is 1. The van der Waals surface area contributed by atoms with E-state index in [9.17, 15) is 4.79 Å². The van der Waals surface area contributed by atoms with Crippen molar-refractivity contribution in [1.29, 1.82) is 5.26 Å². The zero-order chi connectivity index (χ0) is 11.4. The van der Waals surface area contributed by atoms with Gasteiger partial charge in [-0.15, -0.1) is 0 Å². The lowest BCUT2D eigenvalue weighted by atomic mass is 10.1. The fourth-order valence-corrected chi connectivity index (χ4v) is 1.14. The monoisotopic (exact) mass is 206 g/mol. The van der Waals surface area contributed by atoms with Crippen molar-refractivity contribution in [3.05, 3.63) is 23.3 Å². The second-order valence-corrected chi connectivity index (χ2v) is 2.74. The predicted octanol–water partition coefficient (Wildman–Crippen LogP) is 0.936. The van der Waals surface area contributed by atoms with E-state index in [1.807, 2.05) is 6.07 Å². The first-order valence-corrected chi connectivity index (χ1v) is 4.10. The molecule has 2 N–H and O–H groups in total. The van der Waals surface area contributed by atoms with E-state index < -0.39 is 5.97 Å². The van der Waals surface area contributed by atoms with Gasteiger partial charge in [-0.25, -0.2) is 4.79 Å². The molecule has 15 heavy (non-hydrogen) atoms. The van der Waals surface area contributed by atoms with E-state index in [-0.39, 0.29) is 16.8 Å². The van der Waals surface area contributed by atoms with Gasteiger partial charge in [-0.3, -0.25) is 0 Å². The van der Waals surface area contributed by atoms with Crippen molar-refractivity contribution in [3.63, 3.8) is 0 Å². The van der Waals surface area contributed by atoms with Crippen LogP contribution in [0.25, 0.3) is 0 Å². The van der Waals surface area contributed by atoms with E-state index in [1.54, 1.807) is 0 Å². The Kier molecular flexibility index (Phi) is 3.13. The molecule has 0 saturated carbocycles. The van der Waals surface area contributed by atoms with Crippen molar-refractivity contribution in [3.8, 4) is 11.8 Å². The summed E-state index contributed by atoms with van der Waals surface area (Å²) in [5.74, 6) is -0.262. The normalized spacial score (nSPS) is 9.13. The van der Waals surface area contributed by atoms with Crippen LogP contribution in [-0.2, 0) is 4.74 Å². The largest absolute Gasteiger partial charge is 0.495 e. The number of ether oxygens (including phenoxy) is 2. The van der Waals surface area contributed by atoms with Crippen LogP contribution in [0.15, 0.2) is 12.1 Å². The molecule has 0 spiro atoms. The lowest BCUT2D eigenvalue weighted by Gasteiger charge is -2.07. The molecule has 1 aromatic rings.